The number of carbonyl (C=O) groups excluding carboxylic acids is 1. The molecule has 0 saturated heterocycles. The van der Waals surface area contributed by atoms with E-state index in [1.807, 2.05) is 29.6 Å². The topological polar surface area (TPSA) is 82.8 Å². The molecular formula is C21H18N2O5S. The normalized spacial score (nSPS) is 10.7. The quantitative estimate of drug-likeness (QED) is 0.490. The van der Waals surface area contributed by atoms with Crippen LogP contribution in [0.15, 0.2) is 52.3 Å². The molecular weight excluding hydrogens is 392 g/mol. The molecule has 8 heteroatoms. The van der Waals surface area contributed by atoms with E-state index in [-0.39, 0.29) is 5.91 Å². The lowest BCUT2D eigenvalue weighted by Gasteiger charge is -2.11. The molecule has 0 atom stereocenters. The van der Waals surface area contributed by atoms with Crippen molar-refractivity contribution in [2.45, 2.75) is 0 Å². The lowest BCUT2D eigenvalue weighted by molar-refractivity contribution is 0.102. The van der Waals surface area contributed by atoms with Crippen molar-refractivity contribution in [3.8, 4) is 28.7 Å². The molecule has 7 nitrogen and oxygen atoms in total. The van der Waals surface area contributed by atoms with Gasteiger partial charge in [-0.2, -0.15) is 0 Å². The SMILES string of the molecule is COc1ccc2cc(-c3csc(NC(=O)c4cccc(OC)c4OC)n3)oc2c1. The maximum Gasteiger partial charge on any atom is 0.261 e. The Hall–Kier alpha value is -3.52. The molecule has 0 aliphatic rings. The van der Waals surface area contributed by atoms with E-state index in [4.69, 9.17) is 18.6 Å². The van der Waals surface area contributed by atoms with E-state index >= 15 is 0 Å². The van der Waals surface area contributed by atoms with Crippen LogP contribution in [0, 0.1) is 0 Å². The van der Waals surface area contributed by atoms with Crippen LogP contribution in [-0.4, -0.2) is 32.2 Å². The Morgan fingerprint density at radius 1 is 1.07 bits per heavy atom. The fourth-order valence-electron chi connectivity index (χ4n) is 2.94. The van der Waals surface area contributed by atoms with E-state index in [1.165, 1.54) is 25.6 Å². The Balaban J connectivity index is 1.58. The number of benzene rings is 2. The Labute approximate surface area is 170 Å². The van der Waals surface area contributed by atoms with Crippen molar-refractivity contribution in [3.63, 3.8) is 0 Å². The number of carbonyl (C=O) groups is 1. The molecule has 29 heavy (non-hydrogen) atoms. The Morgan fingerprint density at radius 3 is 2.69 bits per heavy atom. The smallest absolute Gasteiger partial charge is 0.261 e. The Morgan fingerprint density at radius 2 is 1.93 bits per heavy atom. The molecule has 4 aromatic rings. The molecule has 4 rings (SSSR count). The number of nitrogens with zero attached hydrogens (tertiary/aromatic N) is 1. The van der Waals surface area contributed by atoms with Crippen LogP contribution in [0.4, 0.5) is 5.13 Å². The van der Waals surface area contributed by atoms with Crippen LogP contribution in [0.5, 0.6) is 17.2 Å². The largest absolute Gasteiger partial charge is 0.497 e. The zero-order valence-corrected chi connectivity index (χ0v) is 16.8. The minimum absolute atomic E-state index is 0.337. The second-order valence-electron chi connectivity index (χ2n) is 6.05. The first-order valence-electron chi connectivity index (χ1n) is 8.68. The van der Waals surface area contributed by atoms with Crippen LogP contribution in [0.2, 0.25) is 0 Å². The number of hydrogen-bond acceptors (Lipinski definition) is 7. The molecule has 0 aliphatic carbocycles. The van der Waals surface area contributed by atoms with Gasteiger partial charge in [0.15, 0.2) is 22.4 Å². The molecule has 0 bridgehead atoms. The van der Waals surface area contributed by atoms with E-state index in [2.05, 4.69) is 10.3 Å². The van der Waals surface area contributed by atoms with Crippen LogP contribution in [0.3, 0.4) is 0 Å². The van der Waals surface area contributed by atoms with Gasteiger partial charge in [-0.1, -0.05) is 6.07 Å². The molecule has 0 aliphatic heterocycles. The van der Waals surface area contributed by atoms with Gasteiger partial charge in [-0.3, -0.25) is 10.1 Å². The summed E-state index contributed by atoms with van der Waals surface area (Å²) in [5, 5.41) is 6.02. The summed E-state index contributed by atoms with van der Waals surface area (Å²) in [6.07, 6.45) is 0. The summed E-state index contributed by atoms with van der Waals surface area (Å²) in [7, 11) is 4.62. The molecule has 1 N–H and O–H groups in total. The standard InChI is InChI=1S/C21H18N2O5S/c1-25-13-8-7-12-9-18(28-17(12)10-13)15-11-29-21(22-15)23-20(24)14-5-4-6-16(26-2)19(14)27-3/h4-11H,1-3H3,(H,22,23,24). The number of ether oxygens (including phenoxy) is 3. The van der Waals surface area contributed by atoms with Gasteiger partial charge >= 0.3 is 0 Å². The fourth-order valence-corrected chi connectivity index (χ4v) is 3.63. The summed E-state index contributed by atoms with van der Waals surface area (Å²) in [5.41, 5.74) is 1.71. The summed E-state index contributed by atoms with van der Waals surface area (Å²) >= 11 is 1.31. The molecule has 0 saturated carbocycles. The molecule has 0 spiro atoms. The number of fused-ring (bicyclic) bond motifs is 1. The maximum atomic E-state index is 12.7. The fraction of sp³-hybridized carbons (Fsp3) is 0.143. The van der Waals surface area contributed by atoms with E-state index in [0.717, 1.165) is 11.1 Å². The Bertz CT molecular complexity index is 1180. The minimum atomic E-state index is -0.337. The van der Waals surface area contributed by atoms with Crippen molar-refractivity contribution in [3.05, 3.63) is 53.4 Å². The number of anilines is 1. The summed E-state index contributed by atoms with van der Waals surface area (Å²) in [5.74, 6) is 1.85. The molecule has 0 unspecified atom stereocenters. The van der Waals surface area contributed by atoms with Gasteiger partial charge in [0.2, 0.25) is 0 Å². The first-order valence-corrected chi connectivity index (χ1v) is 9.56. The average Bonchev–Trinajstić information content (AvgIpc) is 3.38. The Kier molecular flexibility index (Phi) is 5.09. The van der Waals surface area contributed by atoms with Gasteiger partial charge < -0.3 is 18.6 Å². The summed E-state index contributed by atoms with van der Waals surface area (Å²) in [6, 6.07) is 12.6. The van der Waals surface area contributed by atoms with Gasteiger partial charge in [0.1, 0.15) is 17.0 Å². The lowest BCUT2D eigenvalue weighted by Crippen LogP contribution is -2.13. The summed E-state index contributed by atoms with van der Waals surface area (Å²) < 4.78 is 21.7. The van der Waals surface area contributed by atoms with Gasteiger partial charge in [-0.25, -0.2) is 4.98 Å². The molecule has 1 amide bonds. The van der Waals surface area contributed by atoms with Crippen LogP contribution in [0.25, 0.3) is 22.4 Å². The van der Waals surface area contributed by atoms with Crippen LogP contribution < -0.4 is 19.5 Å². The molecule has 2 aromatic carbocycles. The van der Waals surface area contributed by atoms with Gasteiger partial charge in [0.05, 0.1) is 26.9 Å². The van der Waals surface area contributed by atoms with Crippen molar-refractivity contribution in [2.75, 3.05) is 26.6 Å². The molecule has 0 fully saturated rings. The molecule has 2 aromatic heterocycles. The van der Waals surface area contributed by atoms with Gasteiger partial charge in [0, 0.05) is 16.8 Å². The van der Waals surface area contributed by atoms with Gasteiger partial charge in [0.25, 0.3) is 5.91 Å². The number of amides is 1. The van der Waals surface area contributed by atoms with Gasteiger partial charge in [-0.15, -0.1) is 11.3 Å². The first kappa shape index (κ1) is 18.8. The number of methoxy groups -OCH3 is 3. The molecule has 2 heterocycles. The van der Waals surface area contributed by atoms with Crippen LogP contribution in [-0.2, 0) is 0 Å². The third-order valence-electron chi connectivity index (χ3n) is 4.35. The van der Waals surface area contributed by atoms with E-state index < -0.39 is 0 Å². The third kappa shape index (κ3) is 3.62. The predicted molar refractivity (Wildman–Crippen MR) is 111 cm³/mol. The summed E-state index contributed by atoms with van der Waals surface area (Å²) in [4.78, 5) is 17.2. The number of thiazole rings is 1. The predicted octanol–water partition coefficient (Wildman–Crippen LogP) is 4.83. The maximum absolute atomic E-state index is 12.7. The first-order chi connectivity index (χ1) is 14.1. The highest BCUT2D eigenvalue weighted by atomic mass is 32.1. The average molecular weight is 410 g/mol. The van der Waals surface area contributed by atoms with Crippen molar-refractivity contribution < 1.29 is 23.4 Å². The zero-order chi connectivity index (χ0) is 20.4. The minimum Gasteiger partial charge on any atom is -0.497 e. The van der Waals surface area contributed by atoms with E-state index in [9.17, 15) is 4.79 Å². The highest BCUT2D eigenvalue weighted by Crippen LogP contribution is 2.34. The number of hydrogen-bond donors (Lipinski definition) is 1. The highest BCUT2D eigenvalue weighted by molar-refractivity contribution is 7.14. The van der Waals surface area contributed by atoms with Crippen LogP contribution in [0.1, 0.15) is 10.4 Å². The lowest BCUT2D eigenvalue weighted by atomic mass is 10.1. The third-order valence-corrected chi connectivity index (χ3v) is 5.11. The van der Waals surface area contributed by atoms with Crippen molar-refractivity contribution in [1.29, 1.82) is 0 Å². The number of rotatable bonds is 6. The second-order valence-corrected chi connectivity index (χ2v) is 6.91. The number of nitrogens with one attached hydrogen (secondary N) is 1. The molecule has 148 valence electrons. The van der Waals surface area contributed by atoms with Crippen molar-refractivity contribution in [1.82, 2.24) is 4.98 Å². The number of aromatic nitrogens is 1. The summed E-state index contributed by atoms with van der Waals surface area (Å²) in [6.45, 7) is 0. The number of furan rings is 1. The second kappa shape index (κ2) is 7.84. The van der Waals surface area contributed by atoms with E-state index in [1.54, 1.807) is 25.3 Å². The monoisotopic (exact) mass is 410 g/mol. The zero-order valence-electron chi connectivity index (χ0n) is 16.0. The van der Waals surface area contributed by atoms with Crippen molar-refractivity contribution in [2.24, 2.45) is 0 Å². The molecule has 0 radical (unpaired) electrons. The van der Waals surface area contributed by atoms with Crippen molar-refractivity contribution >= 4 is 33.3 Å². The van der Waals surface area contributed by atoms with Crippen LogP contribution >= 0.6 is 11.3 Å². The highest BCUT2D eigenvalue weighted by Gasteiger charge is 2.18. The van der Waals surface area contributed by atoms with Gasteiger partial charge in [-0.05, 0) is 30.3 Å². The van der Waals surface area contributed by atoms with E-state index in [0.29, 0.717) is 39.2 Å². The number of para-hydroxylation sites is 1.